The monoisotopic (exact) mass is 261 g/mol. The molecule has 1 aliphatic heterocycles. The summed E-state index contributed by atoms with van der Waals surface area (Å²) < 4.78 is 38.2. The van der Waals surface area contributed by atoms with E-state index in [1.54, 1.807) is 17.8 Å². The predicted octanol–water partition coefficient (Wildman–Crippen LogP) is 1.66. The van der Waals surface area contributed by atoms with Gasteiger partial charge >= 0.3 is 0 Å². The first-order chi connectivity index (χ1) is 7.58. The van der Waals surface area contributed by atoms with E-state index in [0.717, 1.165) is 5.75 Å². The maximum absolute atomic E-state index is 12.9. The maximum atomic E-state index is 12.9. The molecule has 0 unspecified atom stereocenters. The maximum Gasteiger partial charge on any atom is 0.219 e. The zero-order valence-corrected chi connectivity index (χ0v) is 10.2. The first kappa shape index (κ1) is 11.9. The first-order valence-electron chi connectivity index (χ1n) is 4.88. The molecule has 2 rings (SSSR count). The van der Waals surface area contributed by atoms with Crippen LogP contribution in [0, 0.1) is 5.82 Å². The molecule has 0 amide bonds. The molecule has 1 aromatic carbocycles. The van der Waals surface area contributed by atoms with Crippen LogP contribution in [0.4, 0.5) is 4.39 Å². The minimum atomic E-state index is -3.28. The van der Waals surface area contributed by atoms with E-state index in [1.807, 2.05) is 0 Å². The number of hydrogen-bond donors (Lipinski definition) is 0. The van der Waals surface area contributed by atoms with Crippen LogP contribution in [0.15, 0.2) is 24.3 Å². The predicted molar refractivity (Wildman–Crippen MR) is 63.1 cm³/mol. The van der Waals surface area contributed by atoms with Crippen molar-refractivity contribution in [2.24, 2.45) is 0 Å². The standard InChI is InChI=1S/C10H12FNO2S2/c11-10-3-1-2-9(6-10)7-16(13,14)12-4-5-15-8-12/h1-3,6H,4-5,7-8H2. The second-order valence-electron chi connectivity index (χ2n) is 3.60. The molecule has 3 nitrogen and oxygen atoms in total. The van der Waals surface area contributed by atoms with E-state index in [0.29, 0.717) is 18.0 Å². The molecule has 16 heavy (non-hydrogen) atoms. The first-order valence-corrected chi connectivity index (χ1v) is 7.64. The lowest BCUT2D eigenvalue weighted by atomic mass is 10.2. The number of nitrogens with zero attached hydrogens (tertiary/aromatic N) is 1. The summed E-state index contributed by atoms with van der Waals surface area (Å²) in [7, 11) is -3.28. The van der Waals surface area contributed by atoms with Gasteiger partial charge in [-0.15, -0.1) is 11.8 Å². The zero-order chi connectivity index (χ0) is 11.6. The van der Waals surface area contributed by atoms with Gasteiger partial charge in [0, 0.05) is 12.3 Å². The van der Waals surface area contributed by atoms with Crippen LogP contribution in [0.2, 0.25) is 0 Å². The van der Waals surface area contributed by atoms with Crippen molar-refractivity contribution in [3.8, 4) is 0 Å². The highest BCUT2D eigenvalue weighted by Gasteiger charge is 2.25. The smallest absolute Gasteiger partial charge is 0.212 e. The molecule has 1 aliphatic rings. The van der Waals surface area contributed by atoms with Crippen LogP contribution in [0.1, 0.15) is 5.56 Å². The third-order valence-electron chi connectivity index (χ3n) is 2.35. The summed E-state index contributed by atoms with van der Waals surface area (Å²) in [6.45, 7) is 0.558. The Balaban J connectivity index is 2.14. The summed E-state index contributed by atoms with van der Waals surface area (Å²) in [4.78, 5) is 0. The lowest BCUT2D eigenvalue weighted by Crippen LogP contribution is -2.29. The number of halogens is 1. The average molecular weight is 261 g/mol. The Hall–Kier alpha value is -0.590. The Labute approximate surface area is 98.7 Å². The molecule has 0 N–H and O–H groups in total. The van der Waals surface area contributed by atoms with Gasteiger partial charge < -0.3 is 0 Å². The second-order valence-corrected chi connectivity index (χ2v) is 6.64. The third kappa shape index (κ3) is 2.75. The van der Waals surface area contributed by atoms with E-state index in [4.69, 9.17) is 0 Å². The van der Waals surface area contributed by atoms with Gasteiger partial charge in [0.1, 0.15) is 5.82 Å². The molecule has 0 atom stereocenters. The molecular formula is C10H12FNO2S2. The van der Waals surface area contributed by atoms with Gasteiger partial charge in [0.25, 0.3) is 0 Å². The van der Waals surface area contributed by atoms with Gasteiger partial charge in [-0.25, -0.2) is 12.8 Å². The minimum absolute atomic E-state index is 0.120. The molecule has 88 valence electrons. The SMILES string of the molecule is O=S(=O)(Cc1cccc(F)c1)N1CCSC1. The molecule has 0 aliphatic carbocycles. The molecule has 1 fully saturated rings. The molecule has 0 bridgehead atoms. The number of rotatable bonds is 3. The fourth-order valence-corrected chi connectivity index (χ4v) is 4.49. The molecule has 0 spiro atoms. The Bertz CT molecular complexity index is 469. The van der Waals surface area contributed by atoms with Crippen LogP contribution in [-0.2, 0) is 15.8 Å². The fourth-order valence-electron chi connectivity index (χ4n) is 1.55. The molecule has 6 heteroatoms. The topological polar surface area (TPSA) is 37.4 Å². The van der Waals surface area contributed by atoms with Crippen molar-refractivity contribution in [3.05, 3.63) is 35.6 Å². The van der Waals surface area contributed by atoms with Crippen LogP contribution in [0.5, 0.6) is 0 Å². The van der Waals surface area contributed by atoms with Crippen molar-refractivity contribution in [2.75, 3.05) is 18.2 Å². The molecular weight excluding hydrogens is 249 g/mol. The van der Waals surface area contributed by atoms with E-state index in [2.05, 4.69) is 0 Å². The van der Waals surface area contributed by atoms with Crippen LogP contribution in [-0.4, -0.2) is 30.9 Å². The van der Waals surface area contributed by atoms with Crippen molar-refractivity contribution >= 4 is 21.8 Å². The third-order valence-corrected chi connectivity index (χ3v) is 5.28. The zero-order valence-electron chi connectivity index (χ0n) is 8.60. The number of hydrogen-bond acceptors (Lipinski definition) is 3. The molecule has 1 aromatic rings. The lowest BCUT2D eigenvalue weighted by Gasteiger charge is -2.14. The average Bonchev–Trinajstić information content (AvgIpc) is 2.69. The number of benzene rings is 1. The molecule has 0 radical (unpaired) electrons. The van der Waals surface area contributed by atoms with Crippen molar-refractivity contribution < 1.29 is 12.8 Å². The summed E-state index contributed by atoms with van der Waals surface area (Å²) in [5.41, 5.74) is 0.497. The second kappa shape index (κ2) is 4.73. The van der Waals surface area contributed by atoms with Crippen LogP contribution in [0.25, 0.3) is 0 Å². The molecule has 0 saturated carbocycles. The van der Waals surface area contributed by atoms with Gasteiger partial charge in [-0.1, -0.05) is 12.1 Å². The summed E-state index contributed by atoms with van der Waals surface area (Å²) in [6.07, 6.45) is 0. The van der Waals surface area contributed by atoms with Crippen molar-refractivity contribution in [2.45, 2.75) is 5.75 Å². The van der Waals surface area contributed by atoms with Crippen molar-refractivity contribution in [1.82, 2.24) is 4.31 Å². The Kier molecular flexibility index (Phi) is 3.51. The lowest BCUT2D eigenvalue weighted by molar-refractivity contribution is 0.488. The van der Waals surface area contributed by atoms with Crippen LogP contribution >= 0.6 is 11.8 Å². The molecule has 1 heterocycles. The highest BCUT2D eigenvalue weighted by atomic mass is 32.2. The van der Waals surface area contributed by atoms with Gasteiger partial charge in [-0.3, -0.25) is 0 Å². The van der Waals surface area contributed by atoms with E-state index in [-0.39, 0.29) is 5.75 Å². The van der Waals surface area contributed by atoms with E-state index < -0.39 is 15.8 Å². The van der Waals surface area contributed by atoms with E-state index >= 15 is 0 Å². The largest absolute Gasteiger partial charge is 0.219 e. The summed E-state index contributed by atoms with van der Waals surface area (Å²) in [5.74, 6) is 0.828. The Morgan fingerprint density at radius 1 is 1.44 bits per heavy atom. The summed E-state index contributed by atoms with van der Waals surface area (Å²) in [5, 5.41) is 0. The Morgan fingerprint density at radius 2 is 2.25 bits per heavy atom. The summed E-state index contributed by atoms with van der Waals surface area (Å²) in [6, 6.07) is 5.73. The molecule has 0 aromatic heterocycles. The van der Waals surface area contributed by atoms with E-state index in [1.165, 1.54) is 22.5 Å². The highest BCUT2D eigenvalue weighted by Crippen LogP contribution is 2.20. The molecule has 1 saturated heterocycles. The normalized spacial score (nSPS) is 17.8. The van der Waals surface area contributed by atoms with Gasteiger partial charge in [0.05, 0.1) is 11.6 Å². The van der Waals surface area contributed by atoms with Crippen LogP contribution in [0.3, 0.4) is 0 Å². The minimum Gasteiger partial charge on any atom is -0.212 e. The highest BCUT2D eigenvalue weighted by molar-refractivity contribution is 8.00. The van der Waals surface area contributed by atoms with Gasteiger partial charge in [-0.2, -0.15) is 4.31 Å². The van der Waals surface area contributed by atoms with Gasteiger partial charge in [-0.05, 0) is 17.7 Å². The quantitative estimate of drug-likeness (QED) is 0.830. The van der Waals surface area contributed by atoms with E-state index in [9.17, 15) is 12.8 Å². The van der Waals surface area contributed by atoms with Crippen molar-refractivity contribution in [3.63, 3.8) is 0 Å². The van der Waals surface area contributed by atoms with Gasteiger partial charge in [0.15, 0.2) is 0 Å². The fraction of sp³-hybridized carbons (Fsp3) is 0.400. The number of sulfonamides is 1. The number of thioether (sulfide) groups is 1. The van der Waals surface area contributed by atoms with Crippen LogP contribution < -0.4 is 0 Å². The summed E-state index contributed by atoms with van der Waals surface area (Å²) >= 11 is 1.60. The Morgan fingerprint density at radius 3 is 2.88 bits per heavy atom. The van der Waals surface area contributed by atoms with Gasteiger partial charge in [0.2, 0.25) is 10.0 Å². The van der Waals surface area contributed by atoms with Crippen molar-refractivity contribution in [1.29, 1.82) is 0 Å².